The van der Waals surface area contributed by atoms with E-state index in [1.54, 1.807) is 7.05 Å². The molecule has 5 nitrogen and oxygen atoms in total. The van der Waals surface area contributed by atoms with Crippen molar-refractivity contribution in [2.24, 2.45) is 5.41 Å². The summed E-state index contributed by atoms with van der Waals surface area (Å²) in [6.45, 7) is 4.05. The highest BCUT2D eigenvalue weighted by atomic mass is 32.2. The minimum Gasteiger partial charge on any atom is -0.359 e. The molecule has 18 heavy (non-hydrogen) atoms. The molecule has 2 atom stereocenters. The molecule has 0 aromatic carbocycles. The topological polar surface area (TPSA) is 61.4 Å². The highest BCUT2D eigenvalue weighted by Crippen LogP contribution is 2.30. The lowest BCUT2D eigenvalue weighted by atomic mass is 9.89. The predicted molar refractivity (Wildman–Crippen MR) is 72.5 cm³/mol. The Bertz CT molecular complexity index is 344. The van der Waals surface area contributed by atoms with E-state index in [0.29, 0.717) is 13.1 Å². The lowest BCUT2D eigenvalue weighted by Gasteiger charge is -2.28. The van der Waals surface area contributed by atoms with Crippen LogP contribution in [0, 0.1) is 5.41 Å². The first-order chi connectivity index (χ1) is 8.57. The van der Waals surface area contributed by atoms with Crippen LogP contribution in [0.1, 0.15) is 13.3 Å². The normalized spacial score (nSPS) is 32.3. The Labute approximate surface area is 112 Å². The van der Waals surface area contributed by atoms with Gasteiger partial charge in [0.25, 0.3) is 0 Å². The molecule has 0 aliphatic carbocycles. The summed E-state index contributed by atoms with van der Waals surface area (Å²) in [5, 5.41) is 5.94. The fourth-order valence-corrected chi connectivity index (χ4v) is 3.51. The van der Waals surface area contributed by atoms with Crippen molar-refractivity contribution < 1.29 is 9.59 Å². The maximum Gasteiger partial charge on any atom is 0.240 e. The van der Waals surface area contributed by atoms with Gasteiger partial charge in [0, 0.05) is 38.2 Å². The lowest BCUT2D eigenvalue weighted by molar-refractivity contribution is -0.133. The SMILES string of the molecule is CNC(=O)C1(C)CCN(C(=O)C2CSCCN2)C1. The summed E-state index contributed by atoms with van der Waals surface area (Å²) in [7, 11) is 1.65. The van der Waals surface area contributed by atoms with Crippen molar-refractivity contribution in [3.8, 4) is 0 Å². The van der Waals surface area contributed by atoms with Crippen LogP contribution in [0.2, 0.25) is 0 Å². The van der Waals surface area contributed by atoms with Crippen LogP contribution in [0.3, 0.4) is 0 Å². The number of nitrogens with zero attached hydrogens (tertiary/aromatic N) is 1. The molecule has 102 valence electrons. The Morgan fingerprint density at radius 1 is 1.50 bits per heavy atom. The van der Waals surface area contributed by atoms with Gasteiger partial charge >= 0.3 is 0 Å². The quantitative estimate of drug-likeness (QED) is 0.722. The molecule has 6 heteroatoms. The van der Waals surface area contributed by atoms with Gasteiger partial charge in [0.2, 0.25) is 11.8 Å². The lowest BCUT2D eigenvalue weighted by Crippen LogP contribution is -2.51. The highest BCUT2D eigenvalue weighted by molar-refractivity contribution is 7.99. The van der Waals surface area contributed by atoms with Gasteiger partial charge in [-0.1, -0.05) is 0 Å². The van der Waals surface area contributed by atoms with E-state index in [4.69, 9.17) is 0 Å². The molecule has 0 radical (unpaired) electrons. The van der Waals surface area contributed by atoms with Gasteiger partial charge in [0.1, 0.15) is 0 Å². The first-order valence-corrected chi connectivity index (χ1v) is 7.54. The third kappa shape index (κ3) is 2.64. The second kappa shape index (κ2) is 5.48. The zero-order valence-electron chi connectivity index (χ0n) is 11.0. The number of likely N-dealkylation sites (tertiary alicyclic amines) is 1. The Hall–Kier alpha value is -0.750. The second-order valence-electron chi connectivity index (χ2n) is 5.23. The highest BCUT2D eigenvalue weighted by Gasteiger charge is 2.42. The van der Waals surface area contributed by atoms with E-state index in [9.17, 15) is 9.59 Å². The first kappa shape index (κ1) is 13.7. The van der Waals surface area contributed by atoms with Crippen LogP contribution in [0.4, 0.5) is 0 Å². The van der Waals surface area contributed by atoms with E-state index >= 15 is 0 Å². The number of amides is 2. The molecular formula is C12H21N3O2S. The smallest absolute Gasteiger partial charge is 0.240 e. The molecular weight excluding hydrogens is 250 g/mol. The van der Waals surface area contributed by atoms with E-state index in [1.807, 2.05) is 23.6 Å². The number of carbonyl (C=O) groups excluding carboxylic acids is 2. The van der Waals surface area contributed by atoms with Crippen molar-refractivity contribution in [1.82, 2.24) is 15.5 Å². The van der Waals surface area contributed by atoms with Crippen LogP contribution in [0.25, 0.3) is 0 Å². The Morgan fingerprint density at radius 2 is 2.28 bits per heavy atom. The fourth-order valence-electron chi connectivity index (χ4n) is 2.58. The van der Waals surface area contributed by atoms with Gasteiger partial charge < -0.3 is 15.5 Å². The average Bonchev–Trinajstić information content (AvgIpc) is 2.82. The van der Waals surface area contributed by atoms with Crippen LogP contribution in [0.15, 0.2) is 0 Å². The maximum atomic E-state index is 12.3. The van der Waals surface area contributed by atoms with Gasteiger partial charge in [0.15, 0.2) is 0 Å². The minimum absolute atomic E-state index is 0.0313. The third-order valence-corrected chi connectivity index (χ3v) is 4.84. The summed E-state index contributed by atoms with van der Waals surface area (Å²) in [5.74, 6) is 2.09. The van der Waals surface area contributed by atoms with E-state index in [0.717, 1.165) is 24.5 Å². The largest absolute Gasteiger partial charge is 0.359 e. The molecule has 2 N–H and O–H groups in total. The van der Waals surface area contributed by atoms with E-state index in [2.05, 4.69) is 10.6 Å². The summed E-state index contributed by atoms with van der Waals surface area (Å²) in [4.78, 5) is 26.0. The Balaban J connectivity index is 1.95. The number of rotatable bonds is 2. The van der Waals surface area contributed by atoms with Crippen LogP contribution in [0.5, 0.6) is 0 Å². The van der Waals surface area contributed by atoms with Crippen molar-refractivity contribution in [3.63, 3.8) is 0 Å². The van der Waals surface area contributed by atoms with Crippen molar-refractivity contribution in [2.45, 2.75) is 19.4 Å². The van der Waals surface area contributed by atoms with Crippen molar-refractivity contribution in [3.05, 3.63) is 0 Å². The first-order valence-electron chi connectivity index (χ1n) is 6.39. The molecule has 0 aromatic heterocycles. The van der Waals surface area contributed by atoms with Gasteiger partial charge in [-0.25, -0.2) is 0 Å². The summed E-state index contributed by atoms with van der Waals surface area (Å²) in [6.07, 6.45) is 0.748. The van der Waals surface area contributed by atoms with Crippen LogP contribution in [-0.4, -0.2) is 60.9 Å². The molecule has 2 saturated heterocycles. The van der Waals surface area contributed by atoms with Gasteiger partial charge in [-0.15, -0.1) is 0 Å². The zero-order valence-corrected chi connectivity index (χ0v) is 11.8. The standard InChI is InChI=1S/C12H21N3O2S/c1-12(11(17)13-2)3-5-15(8-12)10(16)9-7-18-6-4-14-9/h9,14H,3-8H2,1-2H3,(H,13,17). The van der Waals surface area contributed by atoms with E-state index in [-0.39, 0.29) is 17.9 Å². The van der Waals surface area contributed by atoms with Gasteiger partial charge in [-0.05, 0) is 13.3 Å². The van der Waals surface area contributed by atoms with Crippen molar-refractivity contribution in [1.29, 1.82) is 0 Å². The van der Waals surface area contributed by atoms with Crippen LogP contribution >= 0.6 is 11.8 Å². The number of carbonyl (C=O) groups is 2. The Kier molecular flexibility index (Phi) is 4.17. The molecule has 2 aliphatic heterocycles. The van der Waals surface area contributed by atoms with Crippen molar-refractivity contribution >= 4 is 23.6 Å². The number of thioether (sulfide) groups is 1. The predicted octanol–water partition coefficient (Wildman–Crippen LogP) is -0.324. The number of nitrogens with one attached hydrogen (secondary N) is 2. The molecule has 0 saturated carbocycles. The summed E-state index contributed by atoms with van der Waals surface area (Å²) in [6, 6.07) is -0.0733. The number of hydrogen-bond donors (Lipinski definition) is 2. The molecule has 2 unspecified atom stereocenters. The minimum atomic E-state index is -0.424. The molecule has 2 amide bonds. The molecule has 0 bridgehead atoms. The summed E-state index contributed by atoms with van der Waals surface area (Å²) in [5.41, 5.74) is -0.424. The van der Waals surface area contributed by atoms with Crippen LogP contribution in [-0.2, 0) is 9.59 Å². The number of hydrogen-bond acceptors (Lipinski definition) is 4. The molecule has 2 rings (SSSR count). The van der Waals surface area contributed by atoms with E-state index in [1.165, 1.54) is 0 Å². The van der Waals surface area contributed by atoms with Gasteiger partial charge in [0.05, 0.1) is 11.5 Å². The maximum absolute atomic E-state index is 12.3. The van der Waals surface area contributed by atoms with E-state index < -0.39 is 5.41 Å². The monoisotopic (exact) mass is 271 g/mol. The molecule has 0 aromatic rings. The average molecular weight is 271 g/mol. The summed E-state index contributed by atoms with van der Waals surface area (Å²) >= 11 is 1.81. The molecule has 0 spiro atoms. The third-order valence-electron chi connectivity index (χ3n) is 3.78. The van der Waals surface area contributed by atoms with Gasteiger partial charge in [-0.2, -0.15) is 11.8 Å². The van der Waals surface area contributed by atoms with Crippen molar-refractivity contribution in [2.75, 3.05) is 38.2 Å². The second-order valence-corrected chi connectivity index (χ2v) is 6.38. The molecule has 2 heterocycles. The van der Waals surface area contributed by atoms with Gasteiger partial charge in [-0.3, -0.25) is 9.59 Å². The fraction of sp³-hybridized carbons (Fsp3) is 0.833. The summed E-state index contributed by atoms with van der Waals surface area (Å²) < 4.78 is 0. The van der Waals surface area contributed by atoms with Crippen LogP contribution < -0.4 is 10.6 Å². The molecule has 2 fully saturated rings. The molecule has 2 aliphatic rings. The zero-order chi connectivity index (χ0) is 13.2. The Morgan fingerprint density at radius 3 is 2.89 bits per heavy atom.